The first-order chi connectivity index (χ1) is 17.7. The minimum Gasteiger partial charge on any atom is -0.491 e. The molecule has 10 nitrogen and oxygen atoms in total. The van der Waals surface area contributed by atoms with Gasteiger partial charge in [0.05, 0.1) is 23.5 Å². The van der Waals surface area contributed by atoms with Crippen LogP contribution in [0, 0.1) is 0 Å². The molecule has 0 bridgehead atoms. The second-order valence-electron chi connectivity index (χ2n) is 8.76. The molecule has 0 amide bonds. The van der Waals surface area contributed by atoms with Gasteiger partial charge in [-0.05, 0) is 56.3 Å². The number of hydrogen-bond acceptors (Lipinski definition) is 8. The highest BCUT2D eigenvalue weighted by molar-refractivity contribution is 7.89. The molecule has 1 aliphatic heterocycles. The molecule has 0 radical (unpaired) electrons. The summed E-state index contributed by atoms with van der Waals surface area (Å²) in [5.74, 6) is 0.213. The molecule has 2 heterocycles. The number of furan rings is 1. The molecular formula is C26H30N2O8S. The van der Waals surface area contributed by atoms with Crippen LogP contribution in [0.25, 0.3) is 0 Å². The first-order valence-corrected chi connectivity index (χ1v) is 13.3. The SMILES string of the molecule is CC(C)Oc1ccc(S(=O)(=O)N2CCN(c3ccc(OCc4ccoc4)c(OCC(=O)O)c3)CC2)cc1. The Labute approximate surface area is 216 Å². The molecule has 2 aromatic carbocycles. The van der Waals surface area contributed by atoms with Crippen LogP contribution in [0.5, 0.6) is 17.2 Å². The molecular weight excluding hydrogens is 500 g/mol. The maximum atomic E-state index is 13.1. The van der Waals surface area contributed by atoms with E-state index in [-0.39, 0.29) is 17.6 Å². The third-order valence-corrected chi connectivity index (χ3v) is 7.60. The van der Waals surface area contributed by atoms with E-state index in [2.05, 4.69) is 0 Å². The highest BCUT2D eigenvalue weighted by atomic mass is 32.2. The van der Waals surface area contributed by atoms with Crippen LogP contribution in [-0.2, 0) is 21.4 Å². The van der Waals surface area contributed by atoms with Crippen LogP contribution in [0.4, 0.5) is 5.69 Å². The third kappa shape index (κ3) is 6.75. The summed E-state index contributed by atoms with van der Waals surface area (Å²) >= 11 is 0. The van der Waals surface area contributed by atoms with Gasteiger partial charge in [-0.15, -0.1) is 0 Å². The van der Waals surface area contributed by atoms with Crippen LogP contribution >= 0.6 is 0 Å². The largest absolute Gasteiger partial charge is 0.491 e. The Bertz CT molecular complexity index is 1280. The Kier molecular flexibility index (Phi) is 8.24. The number of carbonyl (C=O) groups is 1. The van der Waals surface area contributed by atoms with Gasteiger partial charge in [0, 0.05) is 43.5 Å². The molecule has 1 saturated heterocycles. The van der Waals surface area contributed by atoms with E-state index in [0.717, 1.165) is 11.3 Å². The summed E-state index contributed by atoms with van der Waals surface area (Å²) in [5, 5.41) is 9.06. The number of carboxylic acids is 1. The number of ether oxygens (including phenoxy) is 3. The second kappa shape index (κ2) is 11.6. The van der Waals surface area contributed by atoms with Crippen molar-refractivity contribution in [1.82, 2.24) is 4.31 Å². The highest BCUT2D eigenvalue weighted by Gasteiger charge is 2.29. The monoisotopic (exact) mass is 530 g/mol. The summed E-state index contributed by atoms with van der Waals surface area (Å²) < 4.78 is 49.7. The predicted octanol–water partition coefficient (Wildman–Crippen LogP) is 3.62. The molecule has 0 spiro atoms. The van der Waals surface area contributed by atoms with Crippen molar-refractivity contribution in [2.24, 2.45) is 0 Å². The third-order valence-electron chi connectivity index (χ3n) is 5.69. The van der Waals surface area contributed by atoms with E-state index >= 15 is 0 Å². The molecule has 198 valence electrons. The fraction of sp³-hybridized carbons (Fsp3) is 0.346. The lowest BCUT2D eigenvalue weighted by molar-refractivity contribution is -0.139. The van der Waals surface area contributed by atoms with Crippen molar-refractivity contribution >= 4 is 21.7 Å². The molecule has 0 atom stereocenters. The zero-order valence-electron chi connectivity index (χ0n) is 20.7. The summed E-state index contributed by atoms with van der Waals surface area (Å²) in [4.78, 5) is 13.3. The number of rotatable bonds is 11. The van der Waals surface area contributed by atoms with Gasteiger partial charge in [0.25, 0.3) is 0 Å². The molecule has 1 aromatic heterocycles. The predicted molar refractivity (Wildman–Crippen MR) is 136 cm³/mol. The molecule has 1 N–H and O–H groups in total. The summed E-state index contributed by atoms with van der Waals surface area (Å²) in [6.45, 7) is 5.06. The van der Waals surface area contributed by atoms with Crippen molar-refractivity contribution in [3.63, 3.8) is 0 Å². The first kappa shape index (κ1) is 26.4. The molecule has 1 aliphatic rings. The van der Waals surface area contributed by atoms with Gasteiger partial charge >= 0.3 is 5.97 Å². The lowest BCUT2D eigenvalue weighted by Crippen LogP contribution is -2.48. The van der Waals surface area contributed by atoms with Crippen LogP contribution in [0.2, 0.25) is 0 Å². The summed E-state index contributed by atoms with van der Waals surface area (Å²) in [5.41, 5.74) is 1.61. The van der Waals surface area contributed by atoms with E-state index < -0.39 is 22.6 Å². The number of aliphatic carboxylic acids is 1. The van der Waals surface area contributed by atoms with E-state index in [1.54, 1.807) is 55.0 Å². The number of nitrogens with zero attached hydrogens (tertiary/aromatic N) is 2. The average Bonchev–Trinajstić information content (AvgIpc) is 3.40. The maximum absolute atomic E-state index is 13.1. The van der Waals surface area contributed by atoms with E-state index in [1.807, 2.05) is 24.8 Å². The van der Waals surface area contributed by atoms with Crippen LogP contribution in [-0.4, -0.2) is 62.7 Å². The summed E-state index contributed by atoms with van der Waals surface area (Å²) in [6, 6.07) is 13.5. The molecule has 1 fully saturated rings. The highest BCUT2D eigenvalue weighted by Crippen LogP contribution is 2.33. The van der Waals surface area contributed by atoms with E-state index in [0.29, 0.717) is 43.4 Å². The van der Waals surface area contributed by atoms with Crippen molar-refractivity contribution < 1.29 is 36.9 Å². The lowest BCUT2D eigenvalue weighted by atomic mass is 10.2. The zero-order chi connectivity index (χ0) is 26.4. The van der Waals surface area contributed by atoms with E-state index in [9.17, 15) is 13.2 Å². The standard InChI is InChI=1S/C26H30N2O8S/c1-19(2)36-22-4-6-23(7-5-22)37(31,32)28-12-10-27(11-13-28)21-3-8-24(25(15-21)35-18-26(29)30)34-17-20-9-14-33-16-20/h3-9,14-16,19H,10-13,17-18H2,1-2H3,(H,29,30). The van der Waals surface area contributed by atoms with Crippen LogP contribution in [0.15, 0.2) is 70.4 Å². The number of anilines is 1. The zero-order valence-corrected chi connectivity index (χ0v) is 21.5. The fourth-order valence-electron chi connectivity index (χ4n) is 3.90. The maximum Gasteiger partial charge on any atom is 0.341 e. The summed E-state index contributed by atoms with van der Waals surface area (Å²) in [6.07, 6.45) is 3.11. The van der Waals surface area contributed by atoms with Gasteiger partial charge in [0.15, 0.2) is 18.1 Å². The fourth-order valence-corrected chi connectivity index (χ4v) is 5.32. The first-order valence-electron chi connectivity index (χ1n) is 11.9. The number of piperazine rings is 1. The quantitative estimate of drug-likeness (QED) is 0.396. The minimum atomic E-state index is -3.64. The van der Waals surface area contributed by atoms with Crippen molar-refractivity contribution in [3.8, 4) is 17.2 Å². The molecule has 3 aromatic rings. The van der Waals surface area contributed by atoms with Crippen molar-refractivity contribution in [1.29, 1.82) is 0 Å². The Morgan fingerprint density at radius 1 is 1.00 bits per heavy atom. The normalized spacial score (nSPS) is 14.5. The van der Waals surface area contributed by atoms with Gasteiger partial charge in [-0.1, -0.05) is 0 Å². The van der Waals surface area contributed by atoms with Crippen LogP contribution in [0.3, 0.4) is 0 Å². The summed E-state index contributed by atoms with van der Waals surface area (Å²) in [7, 11) is -3.64. The molecule has 4 rings (SSSR count). The number of benzene rings is 2. The van der Waals surface area contributed by atoms with Crippen LogP contribution < -0.4 is 19.1 Å². The Hall–Kier alpha value is -3.70. The smallest absolute Gasteiger partial charge is 0.341 e. The Morgan fingerprint density at radius 2 is 1.73 bits per heavy atom. The lowest BCUT2D eigenvalue weighted by Gasteiger charge is -2.35. The second-order valence-corrected chi connectivity index (χ2v) is 10.7. The van der Waals surface area contributed by atoms with Gasteiger partial charge in [0.1, 0.15) is 12.4 Å². The number of sulfonamides is 1. The topological polar surface area (TPSA) is 119 Å². The molecule has 37 heavy (non-hydrogen) atoms. The van der Waals surface area contributed by atoms with Gasteiger partial charge in [-0.2, -0.15) is 4.31 Å². The van der Waals surface area contributed by atoms with Gasteiger partial charge < -0.3 is 28.6 Å². The average molecular weight is 531 g/mol. The van der Waals surface area contributed by atoms with E-state index in [4.69, 9.17) is 23.7 Å². The van der Waals surface area contributed by atoms with Crippen molar-refractivity contribution in [2.45, 2.75) is 31.5 Å². The van der Waals surface area contributed by atoms with Gasteiger partial charge in [-0.3, -0.25) is 0 Å². The minimum absolute atomic E-state index is 0.00245. The van der Waals surface area contributed by atoms with E-state index in [1.165, 1.54) is 4.31 Å². The Morgan fingerprint density at radius 3 is 2.35 bits per heavy atom. The number of hydrogen-bond donors (Lipinski definition) is 1. The Balaban J connectivity index is 1.42. The molecule has 0 unspecified atom stereocenters. The van der Waals surface area contributed by atoms with Gasteiger partial charge in [-0.25, -0.2) is 13.2 Å². The number of carboxylic acid groups (broad SMARTS) is 1. The molecule has 0 saturated carbocycles. The van der Waals surface area contributed by atoms with Crippen molar-refractivity contribution in [2.75, 3.05) is 37.7 Å². The molecule has 11 heteroatoms. The van der Waals surface area contributed by atoms with Crippen LogP contribution in [0.1, 0.15) is 19.4 Å². The molecule has 0 aliphatic carbocycles. The van der Waals surface area contributed by atoms with Crippen molar-refractivity contribution in [3.05, 3.63) is 66.6 Å². The van der Waals surface area contributed by atoms with Gasteiger partial charge in [0.2, 0.25) is 10.0 Å².